The molecule has 0 heterocycles. The third-order valence-corrected chi connectivity index (χ3v) is 10.7. The molecule has 0 aliphatic carbocycles. The van der Waals surface area contributed by atoms with E-state index < -0.39 is 13.8 Å². The number of hydrogen-bond donors (Lipinski definition) is 0. The molecule has 24 heavy (non-hydrogen) atoms. The number of hydrogen-bond acceptors (Lipinski definition) is 0. The summed E-state index contributed by atoms with van der Waals surface area (Å²) in [5.41, 5.74) is 0. The van der Waals surface area contributed by atoms with Crippen molar-refractivity contribution in [3.05, 3.63) is 91.0 Å². The second-order valence-electron chi connectivity index (χ2n) is 6.79. The lowest BCUT2D eigenvalue weighted by Gasteiger charge is -2.27. The molecule has 2 heteroatoms. The van der Waals surface area contributed by atoms with Gasteiger partial charge in [0, 0.05) is 6.89 Å². The quantitative estimate of drug-likeness (QED) is 0.609. The van der Waals surface area contributed by atoms with Gasteiger partial charge in [-0.1, -0.05) is 97.9 Å². The van der Waals surface area contributed by atoms with Gasteiger partial charge in [-0.2, -0.15) is 0 Å². The van der Waals surface area contributed by atoms with E-state index in [4.69, 9.17) is 0 Å². The van der Waals surface area contributed by atoms with E-state index in [1.807, 2.05) is 0 Å². The fourth-order valence-electron chi connectivity index (χ4n) is 3.03. The lowest BCUT2D eigenvalue weighted by Crippen LogP contribution is -2.26. The standard InChI is InChI=1S/C22H24P2/c1-23(2,3)19-24(20-13-7-4-8-14-20,21-15-9-5-10-16-21)22-17-11-6-12-18-22/h4-18H,1-3H3. The van der Waals surface area contributed by atoms with Crippen LogP contribution in [0.3, 0.4) is 0 Å². The largest absolute Gasteiger partial charge is 0.120 e. The Hall–Kier alpha value is -1.70. The lowest BCUT2D eigenvalue weighted by atomic mass is 10.4. The first-order chi connectivity index (χ1) is 11.5. The van der Waals surface area contributed by atoms with Crippen molar-refractivity contribution in [2.75, 3.05) is 20.0 Å². The average molecular weight is 350 g/mol. The van der Waals surface area contributed by atoms with E-state index in [-0.39, 0.29) is 0 Å². The Morgan fingerprint density at radius 1 is 0.500 bits per heavy atom. The van der Waals surface area contributed by atoms with Crippen molar-refractivity contribution in [3.63, 3.8) is 0 Å². The van der Waals surface area contributed by atoms with Crippen LogP contribution in [0.2, 0.25) is 0 Å². The molecule has 122 valence electrons. The summed E-state index contributed by atoms with van der Waals surface area (Å²) in [5, 5.41) is 8.30. The third-order valence-electron chi connectivity index (χ3n) is 3.88. The Kier molecular flexibility index (Phi) is 5.03. The maximum atomic E-state index is 4.14. The van der Waals surface area contributed by atoms with Gasteiger partial charge in [0.1, 0.15) is 0 Å². The Bertz CT molecular complexity index is 802. The maximum Gasteiger partial charge on any atom is 0.0164 e. The summed E-state index contributed by atoms with van der Waals surface area (Å²) >= 11 is 0. The highest BCUT2D eigenvalue weighted by molar-refractivity contribution is 8.00. The topological polar surface area (TPSA) is 0 Å². The van der Waals surface area contributed by atoms with Crippen LogP contribution in [0.25, 0.3) is 0 Å². The van der Waals surface area contributed by atoms with Crippen LogP contribution >= 0.6 is 13.8 Å². The second-order valence-corrected chi connectivity index (χ2v) is 14.5. The summed E-state index contributed by atoms with van der Waals surface area (Å²) in [6.07, 6.45) is 0. The molecule has 0 saturated carbocycles. The molecule has 0 fully saturated rings. The first-order valence-electron chi connectivity index (χ1n) is 8.19. The average Bonchev–Trinajstić information content (AvgIpc) is 2.61. The van der Waals surface area contributed by atoms with E-state index >= 15 is 0 Å². The zero-order valence-electron chi connectivity index (χ0n) is 14.6. The van der Waals surface area contributed by atoms with Gasteiger partial charge >= 0.3 is 0 Å². The van der Waals surface area contributed by atoms with E-state index in [2.05, 4.69) is 116 Å². The minimum Gasteiger partial charge on any atom is -0.120 e. The molecular formula is C22H24P2. The fourth-order valence-corrected chi connectivity index (χ4v) is 10.8. The van der Waals surface area contributed by atoms with Gasteiger partial charge in [-0.25, -0.2) is 0 Å². The third kappa shape index (κ3) is 3.53. The molecule has 0 atom stereocenters. The molecule has 0 unspecified atom stereocenters. The maximum absolute atomic E-state index is 4.14. The smallest absolute Gasteiger partial charge is 0.0164 e. The molecule has 0 bridgehead atoms. The molecule has 3 aromatic carbocycles. The van der Waals surface area contributed by atoms with E-state index in [0.717, 1.165) is 0 Å². The predicted octanol–water partition coefficient (Wildman–Crippen LogP) is 4.52. The molecule has 0 spiro atoms. The van der Waals surface area contributed by atoms with Gasteiger partial charge in [0.25, 0.3) is 0 Å². The summed E-state index contributed by atoms with van der Waals surface area (Å²) in [6.45, 7) is 3.96. The molecule has 0 amide bonds. The van der Waals surface area contributed by atoms with Gasteiger partial charge in [-0.3, -0.25) is 0 Å². The first-order valence-corrected chi connectivity index (χ1v) is 13.1. The minimum atomic E-state index is -1.88. The molecule has 0 aliphatic heterocycles. The van der Waals surface area contributed by atoms with Crippen LogP contribution in [0.15, 0.2) is 91.0 Å². The Morgan fingerprint density at radius 2 is 0.792 bits per heavy atom. The van der Waals surface area contributed by atoms with Crippen LogP contribution in [-0.4, -0.2) is 25.2 Å². The minimum absolute atomic E-state index is 1.23. The Labute approximate surface area is 146 Å². The summed E-state index contributed by atoms with van der Waals surface area (Å²) in [5.74, 6) is 0. The van der Waals surface area contributed by atoms with E-state index in [0.29, 0.717) is 0 Å². The highest BCUT2D eigenvalue weighted by Gasteiger charge is 2.25. The fraction of sp³-hybridized carbons (Fsp3) is 0.136. The van der Waals surface area contributed by atoms with E-state index in [1.165, 1.54) is 15.9 Å². The van der Waals surface area contributed by atoms with E-state index in [9.17, 15) is 0 Å². The molecule has 0 aliphatic rings. The van der Waals surface area contributed by atoms with Crippen molar-refractivity contribution in [1.29, 1.82) is 0 Å². The number of rotatable bonds is 3. The van der Waals surface area contributed by atoms with Gasteiger partial charge in [0.15, 0.2) is 0 Å². The van der Waals surface area contributed by atoms with Crippen LogP contribution in [0.4, 0.5) is 0 Å². The molecule has 0 aromatic heterocycles. The molecule has 0 radical (unpaired) electrons. The van der Waals surface area contributed by atoms with Crippen LogP contribution in [0.1, 0.15) is 0 Å². The van der Waals surface area contributed by atoms with Gasteiger partial charge in [0.2, 0.25) is 0 Å². The van der Waals surface area contributed by atoms with Gasteiger partial charge in [-0.15, -0.1) is 5.17 Å². The summed E-state index contributed by atoms with van der Waals surface area (Å²) in [6, 6.07) is 32.8. The molecule has 0 saturated heterocycles. The van der Waals surface area contributed by atoms with Crippen LogP contribution in [-0.2, 0) is 0 Å². The zero-order chi connectivity index (χ0) is 17.0. The molecule has 3 aromatic rings. The highest BCUT2D eigenvalue weighted by atomic mass is 31.2. The SMILES string of the molecule is CP(C)(C)=C=P(c1ccccc1)(c1ccccc1)c1ccccc1. The highest BCUT2D eigenvalue weighted by Crippen LogP contribution is 2.47. The Balaban J connectivity index is 2.57. The molecule has 3 rings (SSSR count). The summed E-state index contributed by atoms with van der Waals surface area (Å²) in [7, 11) is 0. The predicted molar refractivity (Wildman–Crippen MR) is 115 cm³/mol. The normalized spacial score (nSPS) is 11.8. The molecule has 0 N–H and O–H groups in total. The first kappa shape index (κ1) is 17.1. The number of benzene rings is 3. The Morgan fingerprint density at radius 3 is 1.04 bits per heavy atom. The van der Waals surface area contributed by atoms with Gasteiger partial charge in [-0.05, 0) is 35.9 Å². The van der Waals surface area contributed by atoms with Crippen molar-refractivity contribution in [3.8, 4) is 0 Å². The van der Waals surface area contributed by atoms with Crippen molar-refractivity contribution in [2.24, 2.45) is 0 Å². The van der Waals surface area contributed by atoms with Crippen molar-refractivity contribution >= 4 is 34.9 Å². The summed E-state index contributed by atoms with van der Waals surface area (Å²) in [4.78, 5) is 0. The van der Waals surface area contributed by atoms with E-state index in [1.54, 1.807) is 0 Å². The molecule has 0 nitrogen and oxygen atoms in total. The van der Waals surface area contributed by atoms with Crippen molar-refractivity contribution < 1.29 is 0 Å². The van der Waals surface area contributed by atoms with Gasteiger partial charge < -0.3 is 0 Å². The van der Waals surface area contributed by atoms with Crippen LogP contribution < -0.4 is 15.9 Å². The second kappa shape index (κ2) is 7.04. The summed E-state index contributed by atoms with van der Waals surface area (Å²) < 4.78 is 0. The lowest BCUT2D eigenvalue weighted by molar-refractivity contribution is 1.73. The monoisotopic (exact) mass is 350 g/mol. The molecular weight excluding hydrogens is 326 g/mol. The zero-order valence-corrected chi connectivity index (χ0v) is 16.3. The van der Waals surface area contributed by atoms with Crippen LogP contribution in [0.5, 0.6) is 0 Å². The van der Waals surface area contributed by atoms with Crippen LogP contribution in [0, 0.1) is 0 Å². The van der Waals surface area contributed by atoms with Crippen molar-refractivity contribution in [2.45, 2.75) is 0 Å². The van der Waals surface area contributed by atoms with Gasteiger partial charge in [0.05, 0.1) is 0 Å². The van der Waals surface area contributed by atoms with Crippen molar-refractivity contribution in [1.82, 2.24) is 0 Å².